The van der Waals surface area contributed by atoms with E-state index in [1.54, 1.807) is 10.8 Å². The first-order valence-corrected chi connectivity index (χ1v) is 7.46. The lowest BCUT2D eigenvalue weighted by Gasteiger charge is -2.04. The zero-order chi connectivity index (χ0) is 13.4. The molecule has 0 N–H and O–H groups in total. The van der Waals surface area contributed by atoms with E-state index in [-0.39, 0.29) is 0 Å². The third kappa shape index (κ3) is 2.44. The van der Waals surface area contributed by atoms with Crippen molar-refractivity contribution in [2.75, 3.05) is 0 Å². The molecule has 0 atom stereocenters. The highest BCUT2D eigenvalue weighted by Crippen LogP contribution is 2.24. The number of benzene rings is 1. The summed E-state index contributed by atoms with van der Waals surface area (Å²) in [6.07, 6.45) is 2.56. The van der Waals surface area contributed by atoms with Crippen molar-refractivity contribution in [1.29, 1.82) is 0 Å². The highest BCUT2D eigenvalue weighted by molar-refractivity contribution is 9.11. The topological polar surface area (TPSA) is 30.2 Å². The fourth-order valence-electron chi connectivity index (χ4n) is 2.02. The summed E-state index contributed by atoms with van der Waals surface area (Å²) >= 11 is 7.13. The lowest BCUT2D eigenvalue weighted by Crippen LogP contribution is -1.97. The second-order valence-corrected chi connectivity index (χ2v) is 6.02. The van der Waals surface area contributed by atoms with Crippen molar-refractivity contribution < 1.29 is 0 Å². The van der Waals surface area contributed by atoms with Gasteiger partial charge in [0, 0.05) is 16.6 Å². The Balaban J connectivity index is 2.02. The third-order valence-corrected chi connectivity index (χ3v) is 4.77. The summed E-state index contributed by atoms with van der Waals surface area (Å²) in [6, 6.07) is 10.3. The fraction of sp³-hybridized carbons (Fsp3) is 0.143. The van der Waals surface area contributed by atoms with Crippen molar-refractivity contribution in [3.63, 3.8) is 0 Å². The van der Waals surface area contributed by atoms with Crippen LogP contribution in [-0.2, 0) is 6.42 Å². The molecular formula is C14H11Br2N3. The van der Waals surface area contributed by atoms with Crippen molar-refractivity contribution >= 4 is 37.4 Å². The van der Waals surface area contributed by atoms with Gasteiger partial charge in [0.05, 0.1) is 15.7 Å². The van der Waals surface area contributed by atoms with E-state index in [9.17, 15) is 0 Å². The summed E-state index contributed by atoms with van der Waals surface area (Å²) in [4.78, 5) is 4.46. The lowest BCUT2D eigenvalue weighted by molar-refractivity contribution is 0.881. The first-order valence-electron chi connectivity index (χ1n) is 5.88. The molecule has 0 bridgehead atoms. The van der Waals surface area contributed by atoms with E-state index in [0.717, 1.165) is 32.3 Å². The predicted molar refractivity (Wildman–Crippen MR) is 82.4 cm³/mol. The fourth-order valence-corrected chi connectivity index (χ4v) is 2.82. The molecule has 19 heavy (non-hydrogen) atoms. The second-order valence-electron chi connectivity index (χ2n) is 4.38. The maximum atomic E-state index is 4.46. The zero-order valence-electron chi connectivity index (χ0n) is 10.3. The summed E-state index contributed by atoms with van der Waals surface area (Å²) < 4.78 is 3.94. The van der Waals surface area contributed by atoms with E-state index in [1.807, 2.05) is 25.1 Å². The second kappa shape index (κ2) is 5.06. The average Bonchev–Trinajstić information content (AvgIpc) is 2.68. The van der Waals surface area contributed by atoms with Gasteiger partial charge in [-0.05, 0) is 40.5 Å². The van der Waals surface area contributed by atoms with Gasteiger partial charge in [-0.2, -0.15) is 5.10 Å². The van der Waals surface area contributed by atoms with Gasteiger partial charge in [0.25, 0.3) is 0 Å². The maximum Gasteiger partial charge on any atom is 0.117 e. The lowest BCUT2D eigenvalue weighted by atomic mass is 10.1. The summed E-state index contributed by atoms with van der Waals surface area (Å²) in [7, 11) is 0. The molecule has 0 radical (unpaired) electrons. The van der Waals surface area contributed by atoms with Crippen LogP contribution in [0.1, 0.15) is 17.0 Å². The minimum Gasteiger partial charge on any atom is -0.241 e. The molecule has 0 unspecified atom stereocenters. The number of aryl methyl sites for hydroxylation is 1. The van der Waals surface area contributed by atoms with Crippen LogP contribution < -0.4 is 0 Å². The number of rotatable bonds is 2. The SMILES string of the molecule is Cc1nn2cnc(Cc3ccccc3Br)cc2c1Br. The molecule has 0 spiro atoms. The molecule has 0 fully saturated rings. The van der Waals surface area contributed by atoms with Gasteiger partial charge in [-0.15, -0.1) is 0 Å². The van der Waals surface area contributed by atoms with E-state index in [2.05, 4.69) is 54.1 Å². The Morgan fingerprint density at radius 1 is 1.21 bits per heavy atom. The average molecular weight is 381 g/mol. The molecule has 3 aromatic rings. The molecule has 0 saturated carbocycles. The van der Waals surface area contributed by atoms with Crippen LogP contribution in [0.15, 0.2) is 45.6 Å². The zero-order valence-corrected chi connectivity index (χ0v) is 13.4. The minimum absolute atomic E-state index is 0.800. The molecule has 5 heteroatoms. The Morgan fingerprint density at radius 2 is 2.00 bits per heavy atom. The number of nitrogens with zero attached hydrogens (tertiary/aromatic N) is 3. The molecule has 0 amide bonds. The van der Waals surface area contributed by atoms with Crippen LogP contribution in [0.2, 0.25) is 0 Å². The number of fused-ring (bicyclic) bond motifs is 1. The molecule has 0 aliphatic rings. The van der Waals surface area contributed by atoms with Crippen LogP contribution in [0, 0.1) is 6.92 Å². The van der Waals surface area contributed by atoms with E-state index in [4.69, 9.17) is 0 Å². The van der Waals surface area contributed by atoms with Gasteiger partial charge in [-0.25, -0.2) is 9.50 Å². The number of hydrogen-bond acceptors (Lipinski definition) is 2. The van der Waals surface area contributed by atoms with Crippen LogP contribution >= 0.6 is 31.9 Å². The van der Waals surface area contributed by atoms with Crippen molar-refractivity contribution in [3.8, 4) is 0 Å². The van der Waals surface area contributed by atoms with Crippen LogP contribution in [0.5, 0.6) is 0 Å². The molecule has 96 valence electrons. The van der Waals surface area contributed by atoms with E-state index in [1.165, 1.54) is 5.56 Å². The normalized spacial score (nSPS) is 11.1. The predicted octanol–water partition coefficient (Wildman–Crippen LogP) is 4.15. The van der Waals surface area contributed by atoms with Crippen LogP contribution in [0.3, 0.4) is 0 Å². The number of hydrogen-bond donors (Lipinski definition) is 0. The van der Waals surface area contributed by atoms with E-state index in [0.29, 0.717) is 0 Å². The van der Waals surface area contributed by atoms with Crippen molar-refractivity contribution in [2.24, 2.45) is 0 Å². The van der Waals surface area contributed by atoms with Gasteiger partial charge in [0.1, 0.15) is 6.33 Å². The molecule has 1 aromatic carbocycles. The number of halogens is 2. The van der Waals surface area contributed by atoms with E-state index < -0.39 is 0 Å². The molecule has 0 saturated heterocycles. The third-order valence-electron chi connectivity index (χ3n) is 3.01. The van der Waals surface area contributed by atoms with Crippen molar-refractivity contribution in [3.05, 3.63) is 62.6 Å². The van der Waals surface area contributed by atoms with E-state index >= 15 is 0 Å². The molecular weight excluding hydrogens is 370 g/mol. The summed E-state index contributed by atoms with van der Waals surface area (Å²) in [6.45, 7) is 1.98. The van der Waals surface area contributed by atoms with Gasteiger partial charge < -0.3 is 0 Å². The Labute approximate surface area is 127 Å². The van der Waals surface area contributed by atoms with Gasteiger partial charge in [-0.1, -0.05) is 34.1 Å². The molecule has 0 aliphatic heterocycles. The summed E-state index contributed by atoms with van der Waals surface area (Å²) in [5, 5.41) is 4.38. The first-order chi connectivity index (χ1) is 9.15. The summed E-state index contributed by atoms with van der Waals surface area (Å²) in [5.41, 5.74) is 4.28. The molecule has 0 aliphatic carbocycles. The minimum atomic E-state index is 0.800. The molecule has 2 heterocycles. The van der Waals surface area contributed by atoms with Gasteiger partial charge in [-0.3, -0.25) is 0 Å². The van der Waals surface area contributed by atoms with Gasteiger partial charge in [0.15, 0.2) is 0 Å². The Kier molecular flexibility index (Phi) is 3.41. The Bertz CT molecular complexity index is 750. The Morgan fingerprint density at radius 3 is 2.79 bits per heavy atom. The van der Waals surface area contributed by atoms with Gasteiger partial charge in [0.2, 0.25) is 0 Å². The van der Waals surface area contributed by atoms with Crippen molar-refractivity contribution in [2.45, 2.75) is 13.3 Å². The quantitative estimate of drug-likeness (QED) is 0.668. The molecule has 3 nitrogen and oxygen atoms in total. The van der Waals surface area contributed by atoms with Gasteiger partial charge >= 0.3 is 0 Å². The largest absolute Gasteiger partial charge is 0.241 e. The monoisotopic (exact) mass is 379 g/mol. The smallest absolute Gasteiger partial charge is 0.117 e. The first kappa shape index (κ1) is 12.8. The standard InChI is InChI=1S/C14H11Br2N3/c1-9-14(16)13-7-11(17-8-19(13)18-9)6-10-4-2-3-5-12(10)15/h2-5,7-8H,6H2,1H3. The van der Waals surface area contributed by atoms with Crippen LogP contribution in [0.4, 0.5) is 0 Å². The van der Waals surface area contributed by atoms with Crippen LogP contribution in [0.25, 0.3) is 5.52 Å². The molecule has 2 aromatic heterocycles. The Hall–Kier alpha value is -1.20. The van der Waals surface area contributed by atoms with Crippen molar-refractivity contribution in [1.82, 2.24) is 14.6 Å². The highest BCUT2D eigenvalue weighted by Gasteiger charge is 2.08. The molecule has 3 rings (SSSR count). The van der Waals surface area contributed by atoms with Crippen LogP contribution in [-0.4, -0.2) is 14.6 Å². The maximum absolute atomic E-state index is 4.46. The highest BCUT2D eigenvalue weighted by atomic mass is 79.9. The summed E-state index contributed by atoms with van der Waals surface area (Å²) in [5.74, 6) is 0. The number of aromatic nitrogens is 3.